The fourth-order valence-corrected chi connectivity index (χ4v) is 3.95. The Morgan fingerprint density at radius 1 is 1.16 bits per heavy atom. The van der Waals surface area contributed by atoms with Gasteiger partial charge < -0.3 is 5.32 Å². The monoisotopic (exact) mass is 375 g/mol. The van der Waals surface area contributed by atoms with Crippen molar-refractivity contribution in [3.63, 3.8) is 0 Å². The number of alkyl halides is 1. The predicted molar refractivity (Wildman–Crippen MR) is 106 cm³/mol. The molecule has 2 aromatic carbocycles. The molecule has 4 heteroatoms. The molecule has 0 heterocycles. The number of nitrogens with one attached hydrogen (secondary N) is 1. The van der Waals surface area contributed by atoms with Crippen LogP contribution in [-0.2, 0) is 0 Å². The largest absolute Gasteiger partial charge is 0.359 e. The van der Waals surface area contributed by atoms with E-state index in [1.165, 1.54) is 6.07 Å². The van der Waals surface area contributed by atoms with Gasteiger partial charge in [-0.25, -0.2) is 4.39 Å². The van der Waals surface area contributed by atoms with Gasteiger partial charge in [0.15, 0.2) is 0 Å². The van der Waals surface area contributed by atoms with Gasteiger partial charge >= 0.3 is 0 Å². The van der Waals surface area contributed by atoms with Crippen molar-refractivity contribution in [1.82, 2.24) is 0 Å². The van der Waals surface area contributed by atoms with Crippen LogP contribution in [0.25, 0.3) is 5.57 Å². The molecule has 1 saturated carbocycles. The first kappa shape index (κ1) is 18.0. The molecule has 3 unspecified atom stereocenters. The van der Waals surface area contributed by atoms with E-state index in [2.05, 4.69) is 18.5 Å². The van der Waals surface area contributed by atoms with E-state index in [0.29, 0.717) is 10.6 Å². The van der Waals surface area contributed by atoms with Gasteiger partial charge in [-0.05, 0) is 60.4 Å². The molecule has 3 rings (SSSR count). The molecular formula is C21H20Cl2FN. The number of benzene rings is 2. The first-order valence-electron chi connectivity index (χ1n) is 8.11. The van der Waals surface area contributed by atoms with Gasteiger partial charge in [-0.1, -0.05) is 36.9 Å². The lowest BCUT2D eigenvalue weighted by atomic mass is 10.0. The van der Waals surface area contributed by atoms with Crippen LogP contribution < -0.4 is 5.32 Å². The zero-order chi connectivity index (χ0) is 18.3. The van der Waals surface area contributed by atoms with Gasteiger partial charge in [0.2, 0.25) is 0 Å². The van der Waals surface area contributed by atoms with E-state index in [1.807, 2.05) is 31.2 Å². The Morgan fingerprint density at radius 2 is 1.88 bits per heavy atom. The van der Waals surface area contributed by atoms with E-state index in [9.17, 15) is 4.39 Å². The topological polar surface area (TPSA) is 12.0 Å². The molecule has 1 nitrogen and oxygen atoms in total. The summed E-state index contributed by atoms with van der Waals surface area (Å²) in [5.74, 6) is 0.0573. The lowest BCUT2D eigenvalue weighted by molar-refractivity contribution is 0.617. The molecule has 1 fully saturated rings. The van der Waals surface area contributed by atoms with Gasteiger partial charge in [0.05, 0.1) is 5.38 Å². The van der Waals surface area contributed by atoms with Crippen molar-refractivity contribution in [1.29, 1.82) is 0 Å². The molecule has 0 amide bonds. The number of anilines is 1. The number of hydrogen-bond acceptors (Lipinski definition) is 1. The van der Waals surface area contributed by atoms with E-state index >= 15 is 0 Å². The van der Waals surface area contributed by atoms with Crippen molar-refractivity contribution >= 4 is 34.5 Å². The number of aryl methyl sites for hydroxylation is 1. The van der Waals surface area contributed by atoms with E-state index in [-0.39, 0.29) is 23.0 Å². The molecule has 0 aromatic heterocycles. The molecule has 0 bridgehead atoms. The third-order valence-corrected chi connectivity index (χ3v) is 5.50. The maximum atomic E-state index is 13.5. The normalized spacial score (nSPS) is 21.7. The number of rotatable bonds is 5. The van der Waals surface area contributed by atoms with Gasteiger partial charge in [-0.3, -0.25) is 0 Å². The highest BCUT2D eigenvalue weighted by Crippen LogP contribution is 2.55. The van der Waals surface area contributed by atoms with E-state index in [0.717, 1.165) is 28.1 Å². The zero-order valence-electron chi connectivity index (χ0n) is 14.2. The highest BCUT2D eigenvalue weighted by Gasteiger charge is 2.51. The van der Waals surface area contributed by atoms with E-state index in [4.69, 9.17) is 23.2 Å². The van der Waals surface area contributed by atoms with Gasteiger partial charge in [-0.2, -0.15) is 0 Å². The molecule has 1 N–H and O–H groups in total. The fraction of sp³-hybridized carbons (Fsp3) is 0.238. The number of allylic oxidation sites excluding steroid dienone is 2. The van der Waals surface area contributed by atoms with Gasteiger partial charge in [-0.15, -0.1) is 11.6 Å². The standard InChI is InChI=1S/C21H20Cl2FN/c1-11(2)16-10-15(6-7-17(16)22)25-13(4)19-20(21(19)23)14-5-8-18(24)12(3)9-14/h5-10,19-21,25H,1,4H2,2-3H3. The van der Waals surface area contributed by atoms with Crippen LogP contribution in [0.5, 0.6) is 0 Å². The Kier molecular flexibility index (Phi) is 4.95. The lowest BCUT2D eigenvalue weighted by Gasteiger charge is -2.12. The highest BCUT2D eigenvalue weighted by molar-refractivity contribution is 6.32. The van der Waals surface area contributed by atoms with Crippen LogP contribution in [0, 0.1) is 18.7 Å². The molecule has 25 heavy (non-hydrogen) atoms. The zero-order valence-corrected chi connectivity index (χ0v) is 15.8. The maximum absolute atomic E-state index is 13.5. The van der Waals surface area contributed by atoms with Crippen LogP contribution in [0.3, 0.4) is 0 Å². The number of halogens is 3. The Balaban J connectivity index is 1.75. The van der Waals surface area contributed by atoms with Gasteiger partial charge in [0, 0.05) is 28.2 Å². The van der Waals surface area contributed by atoms with Crippen molar-refractivity contribution in [2.24, 2.45) is 5.92 Å². The third-order valence-electron chi connectivity index (χ3n) is 4.63. The molecule has 0 radical (unpaired) electrons. The Hall–Kier alpha value is -1.77. The van der Waals surface area contributed by atoms with Crippen LogP contribution in [0.4, 0.5) is 10.1 Å². The molecule has 0 saturated heterocycles. The smallest absolute Gasteiger partial charge is 0.126 e. The Labute approximate surface area is 158 Å². The maximum Gasteiger partial charge on any atom is 0.126 e. The molecule has 3 atom stereocenters. The summed E-state index contributed by atoms with van der Waals surface area (Å²) in [6, 6.07) is 10.9. The quantitative estimate of drug-likeness (QED) is 0.568. The predicted octanol–water partition coefficient (Wildman–Crippen LogP) is 6.77. The van der Waals surface area contributed by atoms with Crippen molar-refractivity contribution in [3.05, 3.63) is 82.8 Å². The average Bonchev–Trinajstić information content (AvgIpc) is 3.23. The Bertz CT molecular complexity index is 859. The molecule has 1 aliphatic rings. The van der Waals surface area contributed by atoms with Crippen molar-refractivity contribution in [2.75, 3.05) is 5.32 Å². The molecule has 2 aromatic rings. The summed E-state index contributed by atoms with van der Waals surface area (Å²) in [6.45, 7) is 11.8. The van der Waals surface area contributed by atoms with E-state index in [1.54, 1.807) is 13.0 Å². The second kappa shape index (κ2) is 6.86. The highest BCUT2D eigenvalue weighted by atomic mass is 35.5. The van der Waals surface area contributed by atoms with Crippen LogP contribution in [0.15, 0.2) is 55.3 Å². The second-order valence-corrected chi connectivity index (χ2v) is 7.54. The van der Waals surface area contributed by atoms with Crippen LogP contribution in [0.1, 0.15) is 29.5 Å². The summed E-state index contributed by atoms with van der Waals surface area (Å²) in [7, 11) is 0. The van der Waals surface area contributed by atoms with Gasteiger partial charge in [0.25, 0.3) is 0 Å². The summed E-state index contributed by atoms with van der Waals surface area (Å²) in [6.07, 6.45) is 0. The summed E-state index contributed by atoms with van der Waals surface area (Å²) in [5, 5.41) is 3.96. The van der Waals surface area contributed by atoms with Crippen LogP contribution in [-0.4, -0.2) is 5.38 Å². The summed E-state index contributed by atoms with van der Waals surface area (Å²) in [4.78, 5) is 0. The first-order valence-corrected chi connectivity index (χ1v) is 8.92. The van der Waals surface area contributed by atoms with Crippen molar-refractivity contribution in [3.8, 4) is 0 Å². The minimum absolute atomic E-state index is 0.0437. The van der Waals surface area contributed by atoms with Crippen molar-refractivity contribution in [2.45, 2.75) is 25.1 Å². The summed E-state index contributed by atoms with van der Waals surface area (Å²) >= 11 is 12.7. The fourth-order valence-electron chi connectivity index (χ4n) is 3.15. The Morgan fingerprint density at radius 3 is 2.52 bits per heavy atom. The summed E-state index contributed by atoms with van der Waals surface area (Å²) in [5.41, 5.74) is 5.24. The lowest BCUT2D eigenvalue weighted by Crippen LogP contribution is -2.02. The van der Waals surface area contributed by atoms with Crippen LogP contribution in [0.2, 0.25) is 5.02 Å². The van der Waals surface area contributed by atoms with E-state index < -0.39 is 0 Å². The average molecular weight is 376 g/mol. The minimum atomic E-state index is -0.197. The van der Waals surface area contributed by atoms with Crippen molar-refractivity contribution < 1.29 is 4.39 Å². The van der Waals surface area contributed by atoms with Gasteiger partial charge in [0.1, 0.15) is 5.82 Å². The molecule has 130 valence electrons. The minimum Gasteiger partial charge on any atom is -0.359 e. The molecule has 1 aliphatic carbocycles. The molecule has 0 aliphatic heterocycles. The summed E-state index contributed by atoms with van der Waals surface area (Å²) < 4.78 is 13.5. The van der Waals surface area contributed by atoms with Crippen LogP contribution >= 0.6 is 23.2 Å². The third kappa shape index (κ3) is 3.61. The second-order valence-electron chi connectivity index (χ2n) is 6.63. The molecule has 0 spiro atoms. The SMILES string of the molecule is C=C(C)c1cc(NC(=C)C2C(Cl)C2c2ccc(F)c(C)c2)ccc1Cl. The number of hydrogen-bond donors (Lipinski definition) is 1. The first-order chi connectivity index (χ1) is 11.8. The molecular weight excluding hydrogens is 356 g/mol.